The van der Waals surface area contributed by atoms with Crippen LogP contribution in [-0.4, -0.2) is 76.8 Å². The highest BCUT2D eigenvalue weighted by atomic mass is 19.4. The van der Waals surface area contributed by atoms with E-state index in [-0.39, 0.29) is 18.7 Å². The zero-order valence-electron chi connectivity index (χ0n) is 23.9. The van der Waals surface area contributed by atoms with Gasteiger partial charge in [0.15, 0.2) is 0 Å². The summed E-state index contributed by atoms with van der Waals surface area (Å²) in [5.74, 6) is -72.9. The highest BCUT2D eigenvalue weighted by Crippen LogP contribution is 2.65. The maximum absolute atomic E-state index is 14.2. The first-order valence-corrected chi connectivity index (χ1v) is 13.2. The Hall–Kier alpha value is -3.95. The molecule has 2 aromatic rings. The van der Waals surface area contributed by atoms with Gasteiger partial charge < -0.3 is 10.2 Å². The lowest BCUT2D eigenvalue weighted by molar-refractivity contribution is -0.467. The van der Waals surface area contributed by atoms with Crippen molar-refractivity contribution >= 4 is 11.8 Å². The Morgan fingerprint density at radius 3 is 1.44 bits per heavy atom. The van der Waals surface area contributed by atoms with Gasteiger partial charge in [-0.1, -0.05) is 36.4 Å². The summed E-state index contributed by atoms with van der Waals surface area (Å²) in [4.78, 5) is 25.9. The lowest BCUT2D eigenvalue weighted by atomic mass is 9.87. The molecule has 1 N–H and O–H groups in total. The van der Waals surface area contributed by atoms with Crippen molar-refractivity contribution in [3.8, 4) is 0 Å². The SMILES string of the molecule is O=C(c1ccc(CNC(=O)C(F)(F)C(F)(F)C(F)(F)C(F)(F)C(F)(F)C(F)(F)C(F)(F)C(F)(F)C(F)(F)F)cc1)N1CCc2ccccc2C1. The smallest absolute Gasteiger partial charge is 0.347 e. The van der Waals surface area contributed by atoms with Gasteiger partial charge in [0, 0.05) is 25.2 Å². The third-order valence-electron chi connectivity index (χ3n) is 7.47. The molecule has 0 atom stereocenters. The molecule has 3 rings (SSSR count). The van der Waals surface area contributed by atoms with E-state index in [0.717, 1.165) is 40.7 Å². The number of hydrogen-bond donors (Lipinski definition) is 1. The zero-order chi connectivity index (χ0) is 38.7. The number of rotatable bonds is 11. The predicted octanol–water partition coefficient (Wildman–Crippen LogP) is 8.15. The molecule has 1 aliphatic heterocycles. The first-order chi connectivity index (χ1) is 22.3. The van der Waals surface area contributed by atoms with Gasteiger partial charge in [0.25, 0.3) is 11.8 Å². The molecule has 4 nitrogen and oxygen atoms in total. The maximum atomic E-state index is 14.2. The fourth-order valence-corrected chi connectivity index (χ4v) is 4.41. The van der Waals surface area contributed by atoms with Crippen LogP contribution >= 0.6 is 0 Å². The zero-order valence-corrected chi connectivity index (χ0v) is 23.9. The molecule has 23 heteroatoms. The van der Waals surface area contributed by atoms with Gasteiger partial charge in [-0.3, -0.25) is 9.59 Å². The standard InChI is InChI=1S/C27H17F19N2O2/c28-19(29,18(50)47-11-13-5-7-15(8-6-13)17(49)48-10-9-14-3-1-2-4-16(14)12-48)20(30,31)21(32,33)22(34,35)23(36,37)24(38,39)25(40,41)26(42,43)27(44,45)46/h1-8H,9-12H2,(H,47,50). The van der Waals surface area contributed by atoms with Gasteiger partial charge in [-0.15, -0.1) is 0 Å². The first kappa shape index (κ1) is 40.5. The highest BCUT2D eigenvalue weighted by Gasteiger charge is 2.97. The fraction of sp³-hybridized carbons (Fsp3) is 0.481. The molecule has 2 aromatic carbocycles. The maximum Gasteiger partial charge on any atom is 0.460 e. The number of carbonyl (C=O) groups excluding carboxylic acids is 2. The van der Waals surface area contributed by atoms with Gasteiger partial charge in [-0.05, 0) is 35.2 Å². The van der Waals surface area contributed by atoms with Gasteiger partial charge in [0.1, 0.15) is 0 Å². The second-order valence-corrected chi connectivity index (χ2v) is 10.7. The average molecular weight is 762 g/mol. The molecule has 0 unspecified atom stereocenters. The minimum Gasteiger partial charge on any atom is -0.347 e. The van der Waals surface area contributed by atoms with Crippen molar-refractivity contribution in [3.63, 3.8) is 0 Å². The Kier molecular flexibility index (Phi) is 10.0. The summed E-state index contributed by atoms with van der Waals surface area (Å²) in [7, 11) is 0. The van der Waals surface area contributed by atoms with Crippen molar-refractivity contribution < 1.29 is 93.0 Å². The van der Waals surface area contributed by atoms with Crippen LogP contribution in [-0.2, 0) is 24.3 Å². The topological polar surface area (TPSA) is 49.4 Å². The van der Waals surface area contributed by atoms with Crippen molar-refractivity contribution in [2.45, 2.75) is 73.1 Å². The van der Waals surface area contributed by atoms with E-state index in [1.807, 2.05) is 6.07 Å². The molecule has 0 aromatic heterocycles. The molecular formula is C27H17F19N2O2. The summed E-state index contributed by atoms with van der Waals surface area (Å²) < 4.78 is 256. The van der Waals surface area contributed by atoms with Crippen LogP contribution in [0.4, 0.5) is 83.4 Å². The third kappa shape index (κ3) is 5.96. The molecule has 280 valence electrons. The average Bonchev–Trinajstić information content (AvgIpc) is 3.01. The van der Waals surface area contributed by atoms with Crippen LogP contribution < -0.4 is 5.32 Å². The van der Waals surface area contributed by atoms with E-state index < -0.39 is 77.5 Å². The van der Waals surface area contributed by atoms with Gasteiger partial charge in [-0.2, -0.15) is 83.4 Å². The van der Waals surface area contributed by atoms with Crippen LogP contribution in [0.15, 0.2) is 48.5 Å². The normalized spacial score (nSPS) is 15.9. The lowest BCUT2D eigenvalue weighted by Crippen LogP contribution is -2.76. The number of halogens is 19. The second kappa shape index (κ2) is 12.4. The van der Waals surface area contributed by atoms with Gasteiger partial charge >= 0.3 is 53.6 Å². The van der Waals surface area contributed by atoms with Crippen LogP contribution in [0.3, 0.4) is 0 Å². The number of hydrogen-bond acceptors (Lipinski definition) is 2. The molecule has 0 bridgehead atoms. The summed E-state index contributed by atoms with van der Waals surface area (Å²) in [5.41, 5.74) is 1.32. The predicted molar refractivity (Wildman–Crippen MR) is 129 cm³/mol. The number of nitrogens with zero attached hydrogens (tertiary/aromatic N) is 1. The van der Waals surface area contributed by atoms with E-state index >= 15 is 0 Å². The number of nitrogens with one attached hydrogen (secondary N) is 1. The van der Waals surface area contributed by atoms with Crippen molar-refractivity contribution in [1.82, 2.24) is 10.2 Å². The van der Waals surface area contributed by atoms with Crippen molar-refractivity contribution in [3.05, 3.63) is 70.8 Å². The Morgan fingerprint density at radius 2 is 0.980 bits per heavy atom. The molecule has 0 radical (unpaired) electrons. The molecule has 2 amide bonds. The monoisotopic (exact) mass is 762 g/mol. The van der Waals surface area contributed by atoms with E-state index in [4.69, 9.17) is 0 Å². The van der Waals surface area contributed by atoms with Crippen LogP contribution in [0.1, 0.15) is 27.0 Å². The van der Waals surface area contributed by atoms with Gasteiger partial charge in [0.2, 0.25) is 0 Å². The Bertz CT molecular complexity index is 1590. The molecule has 0 spiro atoms. The second-order valence-electron chi connectivity index (χ2n) is 10.7. The number of amides is 2. The summed E-state index contributed by atoms with van der Waals surface area (Å²) in [6.07, 6.45) is -7.50. The fourth-order valence-electron chi connectivity index (χ4n) is 4.41. The molecule has 0 fully saturated rings. The van der Waals surface area contributed by atoms with E-state index in [1.165, 1.54) is 4.90 Å². The summed E-state index contributed by atoms with van der Waals surface area (Å²) in [5, 5.41) is 0.799. The molecule has 0 saturated heterocycles. The van der Waals surface area contributed by atoms with E-state index in [1.54, 1.807) is 18.2 Å². The molecule has 0 saturated carbocycles. The van der Waals surface area contributed by atoms with Crippen LogP contribution in [0, 0.1) is 0 Å². The third-order valence-corrected chi connectivity index (χ3v) is 7.47. The lowest BCUT2D eigenvalue weighted by Gasteiger charge is -2.43. The minimum atomic E-state index is -9.07. The first-order valence-electron chi connectivity index (χ1n) is 13.2. The van der Waals surface area contributed by atoms with Crippen LogP contribution in [0.5, 0.6) is 0 Å². The summed E-state index contributed by atoms with van der Waals surface area (Å²) in [6.45, 7) is -0.955. The number of carbonyl (C=O) groups is 2. The molecular weight excluding hydrogens is 745 g/mol. The van der Waals surface area contributed by atoms with Crippen LogP contribution in [0.25, 0.3) is 0 Å². The van der Waals surface area contributed by atoms with E-state index in [2.05, 4.69) is 0 Å². The number of alkyl halides is 19. The van der Waals surface area contributed by atoms with E-state index in [9.17, 15) is 93.0 Å². The van der Waals surface area contributed by atoms with Crippen molar-refractivity contribution in [1.29, 1.82) is 0 Å². The number of benzene rings is 2. The van der Waals surface area contributed by atoms with Crippen LogP contribution in [0.2, 0.25) is 0 Å². The number of fused-ring (bicyclic) bond motifs is 1. The van der Waals surface area contributed by atoms with E-state index in [0.29, 0.717) is 6.42 Å². The Balaban J connectivity index is 1.80. The summed E-state index contributed by atoms with van der Waals surface area (Å²) >= 11 is 0. The van der Waals surface area contributed by atoms with Gasteiger partial charge in [0.05, 0.1) is 0 Å². The van der Waals surface area contributed by atoms with Gasteiger partial charge in [-0.25, -0.2) is 0 Å². The highest BCUT2D eigenvalue weighted by molar-refractivity contribution is 5.94. The minimum absolute atomic E-state index is 0.0606. The molecule has 50 heavy (non-hydrogen) atoms. The Labute approximate surface area is 266 Å². The summed E-state index contributed by atoms with van der Waals surface area (Å²) in [6, 6.07) is 10.8. The quantitative estimate of drug-likeness (QED) is 0.235. The molecule has 0 aliphatic carbocycles. The molecule has 1 heterocycles. The Morgan fingerprint density at radius 1 is 0.560 bits per heavy atom. The molecule has 1 aliphatic rings. The van der Waals surface area contributed by atoms with Crippen molar-refractivity contribution in [2.75, 3.05) is 6.54 Å². The largest absolute Gasteiger partial charge is 0.460 e. The van der Waals surface area contributed by atoms with Crippen molar-refractivity contribution in [2.24, 2.45) is 0 Å².